The normalized spacial score (nSPS) is 20.6. The Bertz CT molecular complexity index is 276. The lowest BCUT2D eigenvalue weighted by molar-refractivity contribution is -0.184. The summed E-state index contributed by atoms with van der Waals surface area (Å²) in [4.78, 5) is 1.37. The molecule has 1 rings (SSSR count). The second-order valence-electron chi connectivity index (χ2n) is 4.33. The second kappa shape index (κ2) is 4.92. The Labute approximate surface area is 95.5 Å². The molecule has 0 unspecified atom stereocenters. The lowest BCUT2D eigenvalue weighted by atomic mass is 9.80. The van der Waals surface area contributed by atoms with E-state index in [4.69, 9.17) is 0 Å². The van der Waals surface area contributed by atoms with E-state index >= 15 is 0 Å². The van der Waals surface area contributed by atoms with E-state index in [9.17, 15) is 26.1 Å². The number of nitrogens with zero attached hydrogens (tertiary/aromatic N) is 1. The van der Waals surface area contributed by atoms with Gasteiger partial charge in [-0.3, -0.25) is 0 Å². The molecule has 1 saturated heterocycles. The van der Waals surface area contributed by atoms with Gasteiger partial charge in [-0.15, -0.1) is 12.1 Å². The number of halogens is 6. The van der Waals surface area contributed by atoms with Gasteiger partial charge in [0.15, 0.2) is 0 Å². The van der Waals surface area contributed by atoms with Gasteiger partial charge in [0, 0.05) is 0 Å². The van der Waals surface area contributed by atoms with Crippen LogP contribution in [0.1, 0.15) is 12.8 Å². The highest BCUT2D eigenvalue weighted by Crippen LogP contribution is 2.34. The van der Waals surface area contributed by atoms with Gasteiger partial charge in [-0.2, -0.15) is 13.2 Å². The lowest BCUT2D eigenvalue weighted by Gasteiger charge is -2.34. The zero-order chi connectivity index (χ0) is 13.3. The van der Waals surface area contributed by atoms with E-state index in [0.29, 0.717) is 0 Å². The molecule has 0 aliphatic carbocycles. The van der Waals surface area contributed by atoms with E-state index < -0.39 is 24.5 Å². The topological polar surface area (TPSA) is 3.24 Å². The predicted molar refractivity (Wildman–Crippen MR) is 53.4 cm³/mol. The number of hydrogen-bond donors (Lipinski definition) is 0. The molecule has 0 aromatic heterocycles. The molecule has 0 atom stereocenters. The van der Waals surface area contributed by atoms with E-state index in [0.717, 1.165) is 0 Å². The van der Waals surface area contributed by atoms with Crippen molar-refractivity contribution in [1.29, 1.82) is 0 Å². The Morgan fingerprint density at radius 1 is 1.18 bits per heavy atom. The molecule has 1 nitrogen and oxygen atoms in total. The summed E-state index contributed by atoms with van der Waals surface area (Å²) in [5, 5.41) is 0. The SMILES string of the molecule is C=C(CN1CCC(C(F)(F)F)CC1)[B-](F)(F)F. The predicted octanol–water partition coefficient (Wildman–Crippen LogP) is 3.20. The van der Waals surface area contributed by atoms with Crippen LogP contribution in [0.25, 0.3) is 0 Å². The molecule has 0 radical (unpaired) electrons. The van der Waals surface area contributed by atoms with Gasteiger partial charge in [-0.25, -0.2) is 0 Å². The van der Waals surface area contributed by atoms with E-state index in [-0.39, 0.29) is 32.5 Å². The third kappa shape index (κ3) is 4.25. The molecule has 1 fully saturated rings. The fourth-order valence-electron chi connectivity index (χ4n) is 1.81. The van der Waals surface area contributed by atoms with Crippen LogP contribution in [0, 0.1) is 5.92 Å². The van der Waals surface area contributed by atoms with Gasteiger partial charge in [0.2, 0.25) is 0 Å². The van der Waals surface area contributed by atoms with Gasteiger partial charge >= 0.3 is 13.2 Å². The van der Waals surface area contributed by atoms with Crippen molar-refractivity contribution in [2.75, 3.05) is 19.6 Å². The van der Waals surface area contributed by atoms with E-state index in [2.05, 4.69) is 6.58 Å². The molecule has 0 saturated carbocycles. The molecule has 17 heavy (non-hydrogen) atoms. The molecule has 0 amide bonds. The van der Waals surface area contributed by atoms with Gasteiger partial charge in [0.1, 0.15) is 0 Å². The maximum atomic E-state index is 12.3. The van der Waals surface area contributed by atoms with Crippen LogP contribution in [0.3, 0.4) is 0 Å². The highest BCUT2D eigenvalue weighted by molar-refractivity contribution is 6.66. The Kier molecular flexibility index (Phi) is 4.17. The van der Waals surface area contributed by atoms with E-state index in [1.54, 1.807) is 0 Å². The minimum Gasteiger partial charge on any atom is -0.445 e. The first-order chi connectivity index (χ1) is 7.60. The largest absolute Gasteiger partial charge is 0.506 e. The van der Waals surface area contributed by atoms with Crippen LogP contribution >= 0.6 is 0 Å². The van der Waals surface area contributed by atoms with Crippen LogP contribution in [0.5, 0.6) is 0 Å². The van der Waals surface area contributed by atoms with Crippen LogP contribution in [-0.2, 0) is 0 Å². The van der Waals surface area contributed by atoms with Crippen LogP contribution in [0.4, 0.5) is 26.1 Å². The number of alkyl halides is 3. The van der Waals surface area contributed by atoms with Crippen molar-refractivity contribution >= 4 is 6.98 Å². The zero-order valence-corrected chi connectivity index (χ0v) is 9.11. The van der Waals surface area contributed by atoms with Crippen molar-refractivity contribution in [1.82, 2.24) is 4.90 Å². The Morgan fingerprint density at radius 3 is 2.00 bits per heavy atom. The van der Waals surface area contributed by atoms with Gasteiger partial charge in [-0.1, -0.05) is 0 Å². The molecule has 1 aliphatic heterocycles. The summed E-state index contributed by atoms with van der Waals surface area (Å²) in [6, 6.07) is 0. The summed E-state index contributed by atoms with van der Waals surface area (Å²) in [6.45, 7) is -2.47. The summed E-state index contributed by atoms with van der Waals surface area (Å²) in [5.74, 6) is -1.39. The van der Waals surface area contributed by atoms with Crippen LogP contribution in [-0.4, -0.2) is 37.7 Å². The minimum atomic E-state index is -5.09. The minimum absolute atomic E-state index is 0.0371. The highest BCUT2D eigenvalue weighted by Gasteiger charge is 2.41. The van der Waals surface area contributed by atoms with E-state index in [1.807, 2.05) is 0 Å². The number of rotatable bonds is 3. The third-order valence-corrected chi connectivity index (χ3v) is 2.94. The fraction of sp³-hybridized carbons (Fsp3) is 0.778. The zero-order valence-electron chi connectivity index (χ0n) is 9.11. The summed E-state index contributed by atoms with van der Waals surface area (Å²) in [5.41, 5.74) is -0.851. The molecule has 8 heteroatoms. The third-order valence-electron chi connectivity index (χ3n) is 2.94. The van der Waals surface area contributed by atoms with Crippen LogP contribution < -0.4 is 0 Å². The quantitative estimate of drug-likeness (QED) is 0.556. The van der Waals surface area contributed by atoms with Crippen molar-refractivity contribution in [2.45, 2.75) is 19.0 Å². The van der Waals surface area contributed by atoms with E-state index in [1.165, 1.54) is 4.90 Å². The van der Waals surface area contributed by atoms with Crippen molar-refractivity contribution in [3.05, 3.63) is 12.1 Å². The average molecular weight is 260 g/mol. The first kappa shape index (κ1) is 14.4. The molecule has 0 spiro atoms. The fourth-order valence-corrected chi connectivity index (χ4v) is 1.81. The van der Waals surface area contributed by atoms with Gasteiger partial charge in [0.25, 0.3) is 0 Å². The van der Waals surface area contributed by atoms with Crippen LogP contribution in [0.2, 0.25) is 0 Å². The molecule has 1 aliphatic rings. The summed E-state index contributed by atoms with van der Waals surface area (Å²) in [7, 11) is 0. The average Bonchev–Trinajstić information content (AvgIpc) is 2.15. The molecule has 1 heterocycles. The smallest absolute Gasteiger partial charge is 0.445 e. The van der Waals surface area contributed by atoms with Gasteiger partial charge in [-0.05, 0) is 32.5 Å². The first-order valence-electron chi connectivity index (χ1n) is 5.27. The highest BCUT2D eigenvalue weighted by atomic mass is 19.4. The number of hydrogen-bond acceptors (Lipinski definition) is 1. The van der Waals surface area contributed by atoms with Crippen molar-refractivity contribution in [3.63, 3.8) is 0 Å². The molecule has 100 valence electrons. The van der Waals surface area contributed by atoms with Crippen LogP contribution in [0.15, 0.2) is 12.1 Å². The molecular formula is C9H13BF6N-. The monoisotopic (exact) mass is 260 g/mol. The molecule has 0 aromatic rings. The number of piperidine rings is 1. The standard InChI is InChI=1S/C9H13BF6N/c1-7(10(14,15)16)6-17-4-2-8(3-5-17)9(11,12)13/h8H,1-6H2/q-1. The molecule has 0 aromatic carbocycles. The Balaban J connectivity index is 2.41. The summed E-state index contributed by atoms with van der Waals surface area (Å²) < 4.78 is 73.6. The lowest BCUT2D eigenvalue weighted by Crippen LogP contribution is -2.41. The van der Waals surface area contributed by atoms with Crippen molar-refractivity contribution < 1.29 is 26.1 Å². The van der Waals surface area contributed by atoms with Gasteiger partial charge in [0.05, 0.1) is 5.92 Å². The Morgan fingerprint density at radius 2 is 1.65 bits per heavy atom. The summed E-state index contributed by atoms with van der Waals surface area (Å²) in [6.07, 6.45) is -4.51. The Hall–Kier alpha value is -0.655. The molecule has 0 bridgehead atoms. The number of likely N-dealkylation sites (tertiary alicyclic amines) is 1. The van der Waals surface area contributed by atoms with Crippen molar-refractivity contribution in [3.8, 4) is 0 Å². The maximum absolute atomic E-state index is 12.3. The summed E-state index contributed by atoms with van der Waals surface area (Å²) >= 11 is 0. The second-order valence-corrected chi connectivity index (χ2v) is 4.33. The molecular weight excluding hydrogens is 247 g/mol. The van der Waals surface area contributed by atoms with Crippen molar-refractivity contribution in [2.24, 2.45) is 5.92 Å². The molecule has 0 N–H and O–H groups in total. The first-order valence-corrected chi connectivity index (χ1v) is 5.27. The maximum Gasteiger partial charge on any atom is 0.506 e. The van der Waals surface area contributed by atoms with Gasteiger partial charge < -0.3 is 17.8 Å².